The van der Waals surface area contributed by atoms with Gasteiger partial charge in [-0.25, -0.2) is 0 Å². The molecule has 0 bridgehead atoms. The average molecular weight is 202 g/mol. The van der Waals surface area contributed by atoms with Crippen molar-refractivity contribution in [1.82, 2.24) is 0 Å². The molecule has 1 aliphatic carbocycles. The molecule has 0 aliphatic heterocycles. The Balaban J connectivity index is 2.46. The molecule has 1 unspecified atom stereocenters. The van der Waals surface area contributed by atoms with Crippen LogP contribution in [0.3, 0.4) is 0 Å². The fourth-order valence-corrected chi connectivity index (χ4v) is 4.05. The number of rotatable bonds is 1. The third-order valence-electron chi connectivity index (χ3n) is 2.98. The van der Waals surface area contributed by atoms with Crippen molar-refractivity contribution in [2.75, 3.05) is 0 Å². The molecule has 0 spiro atoms. The molecular weight excluding hydrogens is 184 g/mol. The monoisotopic (exact) mass is 202 g/mol. The van der Waals surface area contributed by atoms with Crippen LogP contribution in [-0.2, 0) is 0 Å². The van der Waals surface area contributed by atoms with Gasteiger partial charge in [0.1, 0.15) is 0 Å². The van der Waals surface area contributed by atoms with Gasteiger partial charge in [0.15, 0.2) is 0 Å². The molecule has 1 heteroatoms. The SMILES string of the molecule is Cc1ccc2c(c1)C=CC2[Si](C)(C)C. The van der Waals surface area contributed by atoms with Gasteiger partial charge in [0.2, 0.25) is 0 Å². The third kappa shape index (κ3) is 1.57. The van der Waals surface area contributed by atoms with Crippen LogP contribution < -0.4 is 0 Å². The molecule has 0 radical (unpaired) electrons. The highest BCUT2D eigenvalue weighted by atomic mass is 28.3. The van der Waals surface area contributed by atoms with Gasteiger partial charge in [-0.2, -0.15) is 0 Å². The van der Waals surface area contributed by atoms with Crippen molar-refractivity contribution < 1.29 is 0 Å². The molecule has 1 aliphatic rings. The summed E-state index contributed by atoms with van der Waals surface area (Å²) in [6.07, 6.45) is 4.70. The first-order chi connectivity index (χ1) is 6.48. The van der Waals surface area contributed by atoms with Crippen LogP contribution in [0.2, 0.25) is 19.6 Å². The molecular formula is C13H18Si. The zero-order valence-electron chi connectivity index (χ0n) is 9.46. The second-order valence-electron chi connectivity index (χ2n) is 5.34. The van der Waals surface area contributed by atoms with Crippen LogP contribution in [0.5, 0.6) is 0 Å². The lowest BCUT2D eigenvalue weighted by molar-refractivity contribution is 1.16. The van der Waals surface area contributed by atoms with E-state index in [1.807, 2.05) is 0 Å². The maximum Gasteiger partial charge on any atom is 0.0566 e. The highest BCUT2D eigenvalue weighted by molar-refractivity contribution is 6.78. The van der Waals surface area contributed by atoms with E-state index < -0.39 is 8.07 Å². The van der Waals surface area contributed by atoms with Crippen molar-refractivity contribution in [3.05, 3.63) is 41.0 Å². The normalized spacial score (nSPS) is 19.9. The summed E-state index contributed by atoms with van der Waals surface area (Å²) in [5.41, 5.74) is 5.08. The van der Waals surface area contributed by atoms with Crippen molar-refractivity contribution in [2.45, 2.75) is 32.1 Å². The minimum atomic E-state index is -1.08. The molecule has 2 rings (SSSR count). The van der Waals surface area contributed by atoms with E-state index in [-0.39, 0.29) is 0 Å². The predicted molar refractivity (Wildman–Crippen MR) is 66.3 cm³/mol. The summed E-state index contributed by atoms with van der Waals surface area (Å²) in [6, 6.07) is 6.85. The zero-order valence-corrected chi connectivity index (χ0v) is 10.5. The minimum Gasteiger partial charge on any atom is -0.0791 e. The first-order valence-electron chi connectivity index (χ1n) is 5.27. The number of allylic oxidation sites excluding steroid dienone is 1. The summed E-state index contributed by atoms with van der Waals surface area (Å²) < 4.78 is 0. The Hall–Kier alpha value is -0.823. The van der Waals surface area contributed by atoms with Crippen LogP contribution in [0.1, 0.15) is 22.2 Å². The second-order valence-corrected chi connectivity index (χ2v) is 10.7. The molecule has 0 saturated carbocycles. The van der Waals surface area contributed by atoms with Gasteiger partial charge in [-0.05, 0) is 23.6 Å². The summed E-state index contributed by atoms with van der Waals surface area (Å²) >= 11 is 0. The first-order valence-corrected chi connectivity index (χ1v) is 8.85. The van der Waals surface area contributed by atoms with Gasteiger partial charge in [0.05, 0.1) is 8.07 Å². The van der Waals surface area contributed by atoms with Crippen molar-refractivity contribution in [3.8, 4) is 0 Å². The number of benzene rings is 1. The van der Waals surface area contributed by atoms with Gasteiger partial charge < -0.3 is 0 Å². The Bertz CT molecular complexity index is 383. The highest BCUT2D eigenvalue weighted by Crippen LogP contribution is 2.36. The maximum atomic E-state index is 2.44. The Labute approximate surface area is 87.7 Å². The van der Waals surface area contributed by atoms with Gasteiger partial charge in [-0.3, -0.25) is 0 Å². The topological polar surface area (TPSA) is 0 Å². The molecule has 0 N–H and O–H groups in total. The Kier molecular flexibility index (Phi) is 2.15. The summed E-state index contributed by atoms with van der Waals surface area (Å²) in [4.78, 5) is 0. The lowest BCUT2D eigenvalue weighted by Crippen LogP contribution is -2.28. The Morgan fingerprint density at radius 2 is 1.86 bits per heavy atom. The van der Waals surface area contributed by atoms with Crippen molar-refractivity contribution in [2.24, 2.45) is 0 Å². The number of hydrogen-bond donors (Lipinski definition) is 0. The Morgan fingerprint density at radius 1 is 1.14 bits per heavy atom. The van der Waals surface area contributed by atoms with E-state index in [9.17, 15) is 0 Å². The molecule has 0 heterocycles. The van der Waals surface area contributed by atoms with Gasteiger partial charge in [-0.1, -0.05) is 55.6 Å². The van der Waals surface area contributed by atoms with E-state index in [0.29, 0.717) is 0 Å². The lowest BCUT2D eigenvalue weighted by Gasteiger charge is -2.24. The minimum absolute atomic E-state index is 0.720. The van der Waals surface area contributed by atoms with Crippen molar-refractivity contribution in [3.63, 3.8) is 0 Å². The van der Waals surface area contributed by atoms with Gasteiger partial charge in [0.25, 0.3) is 0 Å². The van der Waals surface area contributed by atoms with E-state index in [1.165, 1.54) is 11.1 Å². The number of fused-ring (bicyclic) bond motifs is 1. The van der Waals surface area contributed by atoms with Crippen LogP contribution in [-0.4, -0.2) is 8.07 Å². The predicted octanol–water partition coefficient (Wildman–Crippen LogP) is 3.98. The number of hydrogen-bond acceptors (Lipinski definition) is 0. The number of aryl methyl sites for hydroxylation is 1. The smallest absolute Gasteiger partial charge is 0.0566 e. The highest BCUT2D eigenvalue weighted by Gasteiger charge is 2.29. The van der Waals surface area contributed by atoms with Gasteiger partial charge in [-0.15, -0.1) is 0 Å². The molecule has 1 aromatic rings. The van der Waals surface area contributed by atoms with E-state index in [0.717, 1.165) is 5.54 Å². The van der Waals surface area contributed by atoms with Crippen LogP contribution in [0.25, 0.3) is 6.08 Å². The third-order valence-corrected chi connectivity index (χ3v) is 5.35. The summed E-state index contributed by atoms with van der Waals surface area (Å²) in [7, 11) is -1.08. The molecule has 0 saturated heterocycles. The van der Waals surface area contributed by atoms with E-state index in [1.54, 1.807) is 5.56 Å². The van der Waals surface area contributed by atoms with Crippen LogP contribution in [0, 0.1) is 6.92 Å². The second kappa shape index (κ2) is 3.09. The van der Waals surface area contributed by atoms with Crippen molar-refractivity contribution >= 4 is 14.1 Å². The fourth-order valence-electron chi connectivity index (χ4n) is 2.18. The largest absolute Gasteiger partial charge is 0.0791 e. The molecule has 0 aromatic heterocycles. The maximum absolute atomic E-state index is 2.44. The van der Waals surface area contributed by atoms with Crippen LogP contribution in [0.4, 0.5) is 0 Å². The Morgan fingerprint density at radius 3 is 2.50 bits per heavy atom. The molecule has 0 fully saturated rings. The summed E-state index contributed by atoms with van der Waals surface area (Å²) in [5.74, 6) is 0. The molecule has 14 heavy (non-hydrogen) atoms. The first kappa shape index (κ1) is 9.72. The standard InChI is InChI=1S/C13H18Si/c1-10-5-7-12-11(9-10)6-8-13(12)14(2,3)4/h5-9,13H,1-4H3. The van der Waals surface area contributed by atoms with Crippen LogP contribution in [0.15, 0.2) is 24.3 Å². The molecule has 1 atom stereocenters. The van der Waals surface area contributed by atoms with E-state index in [4.69, 9.17) is 0 Å². The van der Waals surface area contributed by atoms with Crippen molar-refractivity contribution in [1.29, 1.82) is 0 Å². The fraction of sp³-hybridized carbons (Fsp3) is 0.385. The molecule has 0 nitrogen and oxygen atoms in total. The summed E-state index contributed by atoms with van der Waals surface area (Å²) in [6.45, 7) is 9.49. The quantitative estimate of drug-likeness (QED) is 0.604. The zero-order chi connectivity index (χ0) is 10.3. The van der Waals surface area contributed by atoms with Crippen LogP contribution >= 0.6 is 0 Å². The molecule has 0 amide bonds. The van der Waals surface area contributed by atoms with Gasteiger partial charge >= 0.3 is 0 Å². The molecule has 74 valence electrons. The van der Waals surface area contributed by atoms with Gasteiger partial charge in [0, 0.05) is 0 Å². The average Bonchev–Trinajstić information content (AvgIpc) is 2.45. The lowest BCUT2D eigenvalue weighted by atomic mass is 10.1. The summed E-state index contributed by atoms with van der Waals surface area (Å²) in [5, 5.41) is 0. The molecule has 1 aromatic carbocycles. The van der Waals surface area contributed by atoms with E-state index in [2.05, 4.69) is 56.9 Å². The van der Waals surface area contributed by atoms with E-state index >= 15 is 0 Å².